The number of hydrogen-bond donors (Lipinski definition) is 3. The Labute approximate surface area is 108 Å². The van der Waals surface area contributed by atoms with Crippen molar-refractivity contribution in [1.82, 2.24) is 9.97 Å². The summed E-state index contributed by atoms with van der Waals surface area (Å²) in [5.41, 5.74) is 6.87. The van der Waals surface area contributed by atoms with Crippen molar-refractivity contribution < 1.29 is 9.90 Å². The molecule has 2 heterocycles. The average Bonchev–Trinajstić information content (AvgIpc) is 2.73. The van der Waals surface area contributed by atoms with E-state index in [1.807, 2.05) is 12.3 Å². The van der Waals surface area contributed by atoms with E-state index in [0.29, 0.717) is 12.4 Å². The summed E-state index contributed by atoms with van der Waals surface area (Å²) in [6.45, 7) is 2.39. The van der Waals surface area contributed by atoms with E-state index < -0.39 is 5.97 Å². The van der Waals surface area contributed by atoms with Crippen LogP contribution in [0.5, 0.6) is 0 Å². The number of hydrogen-bond acceptors (Lipinski definition) is 6. The number of carbonyl (C=O) groups is 1. The standard InChI is InChI=1S/C11H12N4O2S/c1-6-5-18-8(15-6)4-14-10-9(12)7(11(16)17)2-3-13-10/h2-3,5H,4,12H2,1H3,(H,13,14)(H,16,17). The minimum atomic E-state index is -1.07. The second-order valence-corrected chi connectivity index (χ2v) is 4.60. The third-order valence-electron chi connectivity index (χ3n) is 2.29. The minimum absolute atomic E-state index is 0.0443. The van der Waals surface area contributed by atoms with E-state index in [0.717, 1.165) is 10.7 Å². The van der Waals surface area contributed by atoms with E-state index in [1.165, 1.54) is 23.6 Å². The Morgan fingerprint density at radius 2 is 2.39 bits per heavy atom. The number of nitrogen functional groups attached to an aromatic ring is 1. The number of rotatable bonds is 4. The van der Waals surface area contributed by atoms with Crippen LogP contribution in [0.1, 0.15) is 21.1 Å². The van der Waals surface area contributed by atoms with Gasteiger partial charge in [-0.3, -0.25) is 0 Å². The van der Waals surface area contributed by atoms with Crippen LogP contribution in [-0.4, -0.2) is 21.0 Å². The maximum Gasteiger partial charge on any atom is 0.337 e. The van der Waals surface area contributed by atoms with Gasteiger partial charge in [-0.1, -0.05) is 0 Å². The Bertz CT molecular complexity index is 582. The highest BCUT2D eigenvalue weighted by Crippen LogP contribution is 2.21. The summed E-state index contributed by atoms with van der Waals surface area (Å²) in [5.74, 6) is -0.703. The van der Waals surface area contributed by atoms with Gasteiger partial charge in [0.1, 0.15) is 10.8 Å². The van der Waals surface area contributed by atoms with Gasteiger partial charge in [0.2, 0.25) is 0 Å². The molecule has 2 rings (SSSR count). The predicted octanol–water partition coefficient (Wildman–Crippen LogP) is 1.74. The normalized spacial score (nSPS) is 10.3. The smallest absolute Gasteiger partial charge is 0.337 e. The van der Waals surface area contributed by atoms with Crippen LogP contribution in [0.4, 0.5) is 11.5 Å². The Morgan fingerprint density at radius 3 is 3.00 bits per heavy atom. The molecule has 0 aliphatic carbocycles. The SMILES string of the molecule is Cc1csc(CNc2nccc(C(=O)O)c2N)n1. The predicted molar refractivity (Wildman–Crippen MR) is 69.8 cm³/mol. The molecule has 0 fully saturated rings. The van der Waals surface area contributed by atoms with Crippen molar-refractivity contribution in [1.29, 1.82) is 0 Å². The van der Waals surface area contributed by atoms with Gasteiger partial charge in [0.15, 0.2) is 0 Å². The zero-order valence-corrected chi connectivity index (χ0v) is 10.5. The van der Waals surface area contributed by atoms with Crippen LogP contribution in [0, 0.1) is 6.92 Å². The summed E-state index contributed by atoms with van der Waals surface area (Å²) in [6.07, 6.45) is 1.41. The van der Waals surface area contributed by atoms with Crippen LogP contribution in [0.2, 0.25) is 0 Å². The maximum absolute atomic E-state index is 10.9. The van der Waals surface area contributed by atoms with E-state index in [1.54, 1.807) is 0 Å². The number of nitrogens with one attached hydrogen (secondary N) is 1. The van der Waals surface area contributed by atoms with Crippen LogP contribution in [-0.2, 0) is 6.54 Å². The first-order chi connectivity index (χ1) is 8.58. The summed E-state index contributed by atoms with van der Waals surface area (Å²) in [5, 5.41) is 14.8. The highest BCUT2D eigenvalue weighted by atomic mass is 32.1. The lowest BCUT2D eigenvalue weighted by molar-refractivity contribution is 0.0698. The maximum atomic E-state index is 10.9. The number of nitrogens with zero attached hydrogens (tertiary/aromatic N) is 2. The molecule has 94 valence electrons. The summed E-state index contributed by atoms with van der Waals surface area (Å²) >= 11 is 1.53. The summed E-state index contributed by atoms with van der Waals surface area (Å²) in [4.78, 5) is 19.2. The van der Waals surface area contributed by atoms with Crippen molar-refractivity contribution in [3.63, 3.8) is 0 Å². The molecule has 0 atom stereocenters. The molecule has 6 nitrogen and oxygen atoms in total. The third kappa shape index (κ3) is 2.57. The van der Waals surface area contributed by atoms with Crippen LogP contribution < -0.4 is 11.1 Å². The lowest BCUT2D eigenvalue weighted by Gasteiger charge is -2.08. The third-order valence-corrected chi connectivity index (χ3v) is 3.26. The number of nitrogens with two attached hydrogens (primary N) is 1. The van der Waals surface area contributed by atoms with Gasteiger partial charge in [-0.05, 0) is 13.0 Å². The fourth-order valence-corrected chi connectivity index (χ4v) is 2.16. The number of thiazole rings is 1. The number of anilines is 2. The monoisotopic (exact) mass is 264 g/mol. The van der Waals surface area contributed by atoms with Crippen molar-refractivity contribution in [2.24, 2.45) is 0 Å². The molecule has 0 aromatic carbocycles. The molecule has 0 bridgehead atoms. The minimum Gasteiger partial charge on any atom is -0.478 e. The van der Waals surface area contributed by atoms with Gasteiger partial charge >= 0.3 is 5.97 Å². The summed E-state index contributed by atoms with van der Waals surface area (Å²) < 4.78 is 0. The van der Waals surface area contributed by atoms with E-state index in [4.69, 9.17) is 10.8 Å². The number of carboxylic acid groups (broad SMARTS) is 1. The van der Waals surface area contributed by atoms with Gasteiger partial charge in [-0.15, -0.1) is 11.3 Å². The molecule has 7 heteroatoms. The molecule has 0 radical (unpaired) electrons. The highest BCUT2D eigenvalue weighted by molar-refractivity contribution is 7.09. The fourth-order valence-electron chi connectivity index (χ4n) is 1.44. The second-order valence-electron chi connectivity index (χ2n) is 3.66. The second kappa shape index (κ2) is 5.01. The summed E-state index contributed by atoms with van der Waals surface area (Å²) in [7, 11) is 0. The Morgan fingerprint density at radius 1 is 1.61 bits per heavy atom. The van der Waals surface area contributed by atoms with E-state index >= 15 is 0 Å². The zero-order valence-electron chi connectivity index (χ0n) is 9.67. The molecule has 0 saturated carbocycles. The molecular weight excluding hydrogens is 252 g/mol. The molecular formula is C11H12N4O2S. The molecule has 0 unspecified atom stereocenters. The van der Waals surface area contributed by atoms with Gasteiger partial charge in [0.25, 0.3) is 0 Å². The van der Waals surface area contributed by atoms with Crippen LogP contribution in [0.25, 0.3) is 0 Å². The molecule has 2 aromatic rings. The Balaban J connectivity index is 2.14. The number of pyridine rings is 1. The largest absolute Gasteiger partial charge is 0.478 e. The quantitative estimate of drug-likeness (QED) is 0.777. The molecule has 0 saturated heterocycles. The van der Waals surface area contributed by atoms with Crippen molar-refractivity contribution >= 4 is 28.8 Å². The number of aromatic nitrogens is 2. The van der Waals surface area contributed by atoms with E-state index in [2.05, 4.69) is 15.3 Å². The van der Waals surface area contributed by atoms with Gasteiger partial charge in [-0.2, -0.15) is 0 Å². The molecule has 0 aliphatic rings. The zero-order chi connectivity index (χ0) is 13.1. The topological polar surface area (TPSA) is 101 Å². The first-order valence-electron chi connectivity index (χ1n) is 5.20. The van der Waals surface area contributed by atoms with Crippen molar-refractivity contribution in [2.75, 3.05) is 11.1 Å². The number of aromatic carboxylic acids is 1. The van der Waals surface area contributed by atoms with Gasteiger partial charge in [-0.25, -0.2) is 14.8 Å². The van der Waals surface area contributed by atoms with Crippen molar-refractivity contribution in [3.05, 3.63) is 33.9 Å². The molecule has 0 amide bonds. The molecule has 2 aromatic heterocycles. The number of aryl methyl sites for hydroxylation is 1. The highest BCUT2D eigenvalue weighted by Gasteiger charge is 2.12. The van der Waals surface area contributed by atoms with Crippen LogP contribution >= 0.6 is 11.3 Å². The van der Waals surface area contributed by atoms with Gasteiger partial charge in [0.05, 0.1) is 17.8 Å². The number of carboxylic acids is 1. The molecule has 0 aliphatic heterocycles. The fraction of sp³-hybridized carbons (Fsp3) is 0.182. The summed E-state index contributed by atoms with van der Waals surface area (Å²) in [6, 6.07) is 1.37. The van der Waals surface area contributed by atoms with Crippen LogP contribution in [0.3, 0.4) is 0 Å². The lowest BCUT2D eigenvalue weighted by Crippen LogP contribution is -2.09. The van der Waals surface area contributed by atoms with Gasteiger partial charge < -0.3 is 16.2 Å². The van der Waals surface area contributed by atoms with Gasteiger partial charge in [0, 0.05) is 17.3 Å². The first kappa shape index (κ1) is 12.3. The Kier molecular flexibility index (Phi) is 3.42. The van der Waals surface area contributed by atoms with Crippen LogP contribution in [0.15, 0.2) is 17.6 Å². The van der Waals surface area contributed by atoms with Crippen molar-refractivity contribution in [3.8, 4) is 0 Å². The van der Waals surface area contributed by atoms with E-state index in [9.17, 15) is 4.79 Å². The first-order valence-corrected chi connectivity index (χ1v) is 6.08. The van der Waals surface area contributed by atoms with E-state index in [-0.39, 0.29) is 11.3 Å². The van der Waals surface area contributed by atoms with Crippen molar-refractivity contribution in [2.45, 2.75) is 13.5 Å². The average molecular weight is 264 g/mol. The lowest BCUT2D eigenvalue weighted by atomic mass is 10.2. The molecule has 0 spiro atoms. The molecule has 4 N–H and O–H groups in total. The molecule has 18 heavy (non-hydrogen) atoms. The Hall–Kier alpha value is -2.15.